The topological polar surface area (TPSA) is 92.3 Å². The Labute approximate surface area is 172 Å². The minimum Gasteiger partial charge on any atom is -0.497 e. The van der Waals surface area contributed by atoms with Gasteiger partial charge in [0.25, 0.3) is 0 Å². The van der Waals surface area contributed by atoms with Crippen molar-refractivity contribution in [2.45, 2.75) is 18.0 Å². The van der Waals surface area contributed by atoms with Crippen LogP contribution in [0.3, 0.4) is 0 Å². The van der Waals surface area contributed by atoms with Gasteiger partial charge in [0, 0.05) is 38.8 Å². The van der Waals surface area contributed by atoms with Crippen molar-refractivity contribution in [3.63, 3.8) is 0 Å². The molecule has 0 saturated heterocycles. The van der Waals surface area contributed by atoms with E-state index in [1.165, 1.54) is 7.05 Å². The standard InChI is InChI=1S/C20H28N4O4S/c1-21-20(23-13-15-6-10-18(11-7-15)29(25,26)22-2)24(3)14-16-8-9-17(27-4)12-19(16)28-5/h6-12,22H,13-14H2,1-5H3,(H,21,23). The number of hydrogen-bond donors (Lipinski definition) is 2. The van der Waals surface area contributed by atoms with Crippen LogP contribution in [0.2, 0.25) is 0 Å². The number of nitrogens with zero attached hydrogens (tertiary/aromatic N) is 2. The molecule has 0 aliphatic heterocycles. The predicted octanol–water partition coefficient (Wildman–Crippen LogP) is 1.82. The minimum absolute atomic E-state index is 0.233. The summed E-state index contributed by atoms with van der Waals surface area (Å²) >= 11 is 0. The van der Waals surface area contributed by atoms with Crippen LogP contribution in [0, 0.1) is 0 Å². The predicted molar refractivity (Wildman–Crippen MR) is 114 cm³/mol. The summed E-state index contributed by atoms with van der Waals surface area (Å²) in [6.07, 6.45) is 0. The molecule has 2 aromatic carbocycles. The third-order valence-electron chi connectivity index (χ3n) is 4.43. The maximum atomic E-state index is 11.8. The van der Waals surface area contributed by atoms with E-state index < -0.39 is 10.0 Å². The Hall–Kier alpha value is -2.78. The van der Waals surface area contributed by atoms with E-state index in [9.17, 15) is 8.42 Å². The molecule has 0 saturated carbocycles. The lowest BCUT2D eigenvalue weighted by atomic mass is 10.2. The van der Waals surface area contributed by atoms with Crippen molar-refractivity contribution >= 4 is 16.0 Å². The molecule has 0 heterocycles. The van der Waals surface area contributed by atoms with E-state index >= 15 is 0 Å². The third kappa shape index (κ3) is 5.85. The Bertz CT molecular complexity index is 943. The van der Waals surface area contributed by atoms with Gasteiger partial charge < -0.3 is 19.7 Å². The molecular weight excluding hydrogens is 392 g/mol. The first-order chi connectivity index (χ1) is 13.8. The van der Waals surface area contributed by atoms with E-state index in [2.05, 4.69) is 15.0 Å². The Morgan fingerprint density at radius 3 is 2.34 bits per heavy atom. The average molecular weight is 421 g/mol. The van der Waals surface area contributed by atoms with Crippen molar-refractivity contribution in [3.8, 4) is 11.5 Å². The normalized spacial score (nSPS) is 11.8. The highest BCUT2D eigenvalue weighted by atomic mass is 32.2. The lowest BCUT2D eigenvalue weighted by Gasteiger charge is -2.23. The molecule has 0 atom stereocenters. The minimum atomic E-state index is -3.43. The first kappa shape index (κ1) is 22.5. The van der Waals surface area contributed by atoms with Crippen molar-refractivity contribution in [1.82, 2.24) is 14.9 Å². The first-order valence-corrected chi connectivity index (χ1v) is 10.5. The molecule has 0 radical (unpaired) electrons. The Morgan fingerprint density at radius 2 is 1.79 bits per heavy atom. The van der Waals surface area contributed by atoms with E-state index in [1.54, 1.807) is 45.5 Å². The van der Waals surface area contributed by atoms with Gasteiger partial charge in [0.1, 0.15) is 11.5 Å². The molecule has 158 valence electrons. The van der Waals surface area contributed by atoms with Crippen LogP contribution < -0.4 is 19.5 Å². The molecule has 0 spiro atoms. The number of ether oxygens (including phenoxy) is 2. The number of benzene rings is 2. The molecule has 0 aromatic heterocycles. The van der Waals surface area contributed by atoms with E-state index in [-0.39, 0.29) is 4.90 Å². The average Bonchev–Trinajstić information content (AvgIpc) is 2.74. The Morgan fingerprint density at radius 1 is 1.10 bits per heavy atom. The maximum Gasteiger partial charge on any atom is 0.240 e. The Balaban J connectivity index is 2.03. The summed E-state index contributed by atoms with van der Waals surface area (Å²) < 4.78 is 36.6. The summed E-state index contributed by atoms with van der Waals surface area (Å²) in [6, 6.07) is 12.4. The second kappa shape index (κ2) is 10.1. The number of aliphatic imine (C=N–C) groups is 1. The molecule has 0 bridgehead atoms. The molecule has 2 N–H and O–H groups in total. The molecule has 0 aliphatic carbocycles. The second-order valence-corrected chi connectivity index (χ2v) is 8.17. The molecule has 0 fully saturated rings. The van der Waals surface area contributed by atoms with E-state index in [0.29, 0.717) is 19.0 Å². The van der Waals surface area contributed by atoms with Gasteiger partial charge in [-0.3, -0.25) is 4.99 Å². The highest BCUT2D eigenvalue weighted by Crippen LogP contribution is 2.25. The number of nitrogens with one attached hydrogen (secondary N) is 2. The summed E-state index contributed by atoms with van der Waals surface area (Å²) in [5.41, 5.74) is 1.94. The van der Waals surface area contributed by atoms with Gasteiger partial charge in [-0.15, -0.1) is 0 Å². The first-order valence-electron chi connectivity index (χ1n) is 8.99. The number of sulfonamides is 1. The molecule has 2 aromatic rings. The highest BCUT2D eigenvalue weighted by molar-refractivity contribution is 7.89. The summed E-state index contributed by atoms with van der Waals surface area (Å²) in [7, 11) is 4.85. The SMILES string of the molecule is CN=C(NCc1ccc(S(=O)(=O)NC)cc1)N(C)Cc1ccc(OC)cc1OC. The van der Waals surface area contributed by atoms with Gasteiger partial charge in [0.05, 0.1) is 19.1 Å². The molecule has 0 amide bonds. The van der Waals surface area contributed by atoms with Gasteiger partial charge in [-0.1, -0.05) is 12.1 Å². The summed E-state index contributed by atoms with van der Waals surface area (Å²) in [4.78, 5) is 6.53. The molecule has 0 unspecified atom stereocenters. The van der Waals surface area contributed by atoms with Gasteiger partial charge in [-0.25, -0.2) is 13.1 Å². The fraction of sp³-hybridized carbons (Fsp3) is 0.350. The fourth-order valence-corrected chi connectivity index (χ4v) is 3.51. The van der Waals surface area contributed by atoms with Crippen LogP contribution in [-0.4, -0.2) is 54.6 Å². The van der Waals surface area contributed by atoms with Crippen LogP contribution in [0.15, 0.2) is 52.4 Å². The second-order valence-electron chi connectivity index (χ2n) is 6.29. The molecule has 2 rings (SSSR count). The summed E-state index contributed by atoms with van der Waals surface area (Å²) in [5, 5.41) is 3.28. The number of hydrogen-bond acceptors (Lipinski definition) is 5. The zero-order valence-corrected chi connectivity index (χ0v) is 18.2. The Kier molecular flexibility index (Phi) is 7.86. The molecule has 9 heteroatoms. The number of guanidine groups is 1. The fourth-order valence-electron chi connectivity index (χ4n) is 2.78. The van der Waals surface area contributed by atoms with Gasteiger partial charge >= 0.3 is 0 Å². The zero-order chi connectivity index (χ0) is 21.4. The van der Waals surface area contributed by atoms with Gasteiger partial charge in [0.2, 0.25) is 10.0 Å². The van der Waals surface area contributed by atoms with Gasteiger partial charge in [0.15, 0.2) is 5.96 Å². The van der Waals surface area contributed by atoms with Crippen LogP contribution in [0.1, 0.15) is 11.1 Å². The van der Waals surface area contributed by atoms with Crippen molar-refractivity contribution in [2.24, 2.45) is 4.99 Å². The van der Waals surface area contributed by atoms with Crippen molar-refractivity contribution in [2.75, 3.05) is 35.4 Å². The van der Waals surface area contributed by atoms with Crippen molar-refractivity contribution in [3.05, 3.63) is 53.6 Å². The van der Waals surface area contributed by atoms with Crippen LogP contribution in [0.5, 0.6) is 11.5 Å². The smallest absolute Gasteiger partial charge is 0.240 e. The summed E-state index contributed by atoms with van der Waals surface area (Å²) in [5.74, 6) is 2.18. The molecule has 29 heavy (non-hydrogen) atoms. The van der Waals surface area contributed by atoms with E-state index in [0.717, 1.165) is 22.6 Å². The molecule has 0 aliphatic rings. The maximum absolute atomic E-state index is 11.8. The highest BCUT2D eigenvalue weighted by Gasteiger charge is 2.13. The summed E-state index contributed by atoms with van der Waals surface area (Å²) in [6.45, 7) is 1.10. The molecular formula is C20H28N4O4S. The van der Waals surface area contributed by atoms with E-state index in [1.807, 2.05) is 30.1 Å². The van der Waals surface area contributed by atoms with Crippen LogP contribution in [0.25, 0.3) is 0 Å². The molecule has 8 nitrogen and oxygen atoms in total. The number of methoxy groups -OCH3 is 2. The van der Waals surface area contributed by atoms with Crippen LogP contribution in [-0.2, 0) is 23.1 Å². The van der Waals surface area contributed by atoms with Gasteiger partial charge in [-0.05, 0) is 36.9 Å². The van der Waals surface area contributed by atoms with Crippen molar-refractivity contribution in [1.29, 1.82) is 0 Å². The van der Waals surface area contributed by atoms with Crippen LogP contribution >= 0.6 is 0 Å². The monoisotopic (exact) mass is 420 g/mol. The lowest BCUT2D eigenvalue weighted by molar-refractivity contribution is 0.382. The van der Waals surface area contributed by atoms with Crippen LogP contribution in [0.4, 0.5) is 0 Å². The third-order valence-corrected chi connectivity index (χ3v) is 5.86. The lowest BCUT2D eigenvalue weighted by Crippen LogP contribution is -2.38. The van der Waals surface area contributed by atoms with Crippen molar-refractivity contribution < 1.29 is 17.9 Å². The van der Waals surface area contributed by atoms with E-state index in [4.69, 9.17) is 9.47 Å². The zero-order valence-electron chi connectivity index (χ0n) is 17.4. The number of rotatable bonds is 8. The largest absolute Gasteiger partial charge is 0.497 e. The quantitative estimate of drug-likeness (QED) is 0.500. The van der Waals surface area contributed by atoms with Gasteiger partial charge in [-0.2, -0.15) is 0 Å².